The standard InChI is InChI=1S/C14H14ClF3N2O/c1-3-8(2)13(14(16,17)18)7-19-12(21)20-11-5-4-9(15)6-10(11)13/h4-8H,3H2,1-2H3,(H,20,21)/t8?,13-/m0/s1. The van der Waals surface area contributed by atoms with Gasteiger partial charge in [0.15, 0.2) is 0 Å². The summed E-state index contributed by atoms with van der Waals surface area (Å²) in [6.07, 6.45) is -3.62. The van der Waals surface area contributed by atoms with E-state index >= 15 is 0 Å². The van der Waals surface area contributed by atoms with Crippen molar-refractivity contribution in [1.29, 1.82) is 0 Å². The largest absolute Gasteiger partial charge is 0.403 e. The third-order valence-corrected chi connectivity index (χ3v) is 4.15. The zero-order valence-corrected chi connectivity index (χ0v) is 12.2. The number of fused-ring (bicyclic) bond motifs is 1. The van der Waals surface area contributed by atoms with Crippen molar-refractivity contribution < 1.29 is 18.0 Å². The molecular weight excluding hydrogens is 305 g/mol. The van der Waals surface area contributed by atoms with Gasteiger partial charge in [-0.05, 0) is 29.7 Å². The van der Waals surface area contributed by atoms with Gasteiger partial charge in [-0.25, -0.2) is 9.79 Å². The summed E-state index contributed by atoms with van der Waals surface area (Å²) in [7, 11) is 0. The molecule has 21 heavy (non-hydrogen) atoms. The summed E-state index contributed by atoms with van der Waals surface area (Å²) in [5.41, 5.74) is -2.34. The van der Waals surface area contributed by atoms with Crippen molar-refractivity contribution in [1.82, 2.24) is 0 Å². The fourth-order valence-electron chi connectivity index (χ4n) is 2.57. The normalized spacial score (nSPS) is 23.2. The number of nitrogens with one attached hydrogen (secondary N) is 1. The maximum Gasteiger partial charge on any atom is 0.403 e. The average molecular weight is 319 g/mol. The number of carbonyl (C=O) groups is 1. The molecule has 1 aliphatic heterocycles. The fraction of sp³-hybridized carbons (Fsp3) is 0.429. The van der Waals surface area contributed by atoms with Crippen molar-refractivity contribution in [2.45, 2.75) is 31.9 Å². The van der Waals surface area contributed by atoms with E-state index in [2.05, 4.69) is 10.3 Å². The van der Waals surface area contributed by atoms with E-state index in [0.717, 1.165) is 0 Å². The van der Waals surface area contributed by atoms with Crippen LogP contribution in [0.15, 0.2) is 23.2 Å². The monoisotopic (exact) mass is 318 g/mol. The molecule has 0 radical (unpaired) electrons. The van der Waals surface area contributed by atoms with Gasteiger partial charge < -0.3 is 5.32 Å². The number of urea groups is 1. The number of aliphatic imine (C=N–C) groups is 1. The molecule has 0 fully saturated rings. The molecule has 1 unspecified atom stereocenters. The predicted molar refractivity (Wildman–Crippen MR) is 76.2 cm³/mol. The molecule has 114 valence electrons. The minimum absolute atomic E-state index is 0.0774. The molecule has 1 aromatic carbocycles. The van der Waals surface area contributed by atoms with Crippen molar-refractivity contribution in [3.63, 3.8) is 0 Å². The lowest BCUT2D eigenvalue weighted by Gasteiger charge is -2.38. The van der Waals surface area contributed by atoms with Crippen LogP contribution in [-0.4, -0.2) is 18.4 Å². The zero-order valence-electron chi connectivity index (χ0n) is 11.5. The van der Waals surface area contributed by atoms with Crippen LogP contribution in [0.25, 0.3) is 0 Å². The average Bonchev–Trinajstić information content (AvgIpc) is 2.54. The topological polar surface area (TPSA) is 41.5 Å². The van der Waals surface area contributed by atoms with Crippen molar-refractivity contribution >= 4 is 29.5 Å². The Morgan fingerprint density at radius 2 is 2.10 bits per heavy atom. The third kappa shape index (κ3) is 2.52. The quantitative estimate of drug-likeness (QED) is 0.836. The molecule has 0 spiro atoms. The van der Waals surface area contributed by atoms with Gasteiger partial charge in [-0.1, -0.05) is 31.9 Å². The third-order valence-electron chi connectivity index (χ3n) is 3.91. The summed E-state index contributed by atoms with van der Waals surface area (Å²) < 4.78 is 41.6. The smallest absolute Gasteiger partial charge is 0.306 e. The number of hydrogen-bond acceptors (Lipinski definition) is 1. The maximum atomic E-state index is 13.9. The van der Waals surface area contributed by atoms with Crippen LogP contribution in [0.4, 0.5) is 23.7 Å². The summed E-state index contributed by atoms with van der Waals surface area (Å²) in [5.74, 6) is -0.800. The molecule has 7 heteroatoms. The second kappa shape index (κ2) is 5.33. The number of hydrogen-bond donors (Lipinski definition) is 1. The first kappa shape index (κ1) is 15.8. The number of alkyl halides is 3. The van der Waals surface area contributed by atoms with Crippen LogP contribution in [0.5, 0.6) is 0 Å². The summed E-state index contributed by atoms with van der Waals surface area (Å²) in [4.78, 5) is 15.0. The fourth-order valence-corrected chi connectivity index (χ4v) is 2.74. The van der Waals surface area contributed by atoms with Crippen LogP contribution >= 0.6 is 11.6 Å². The lowest BCUT2D eigenvalue weighted by Crippen LogP contribution is -2.49. The summed E-state index contributed by atoms with van der Waals surface area (Å²) in [5, 5.41) is 2.54. The van der Waals surface area contributed by atoms with Crippen LogP contribution in [0.2, 0.25) is 5.02 Å². The van der Waals surface area contributed by atoms with Gasteiger partial charge in [-0.2, -0.15) is 13.2 Å². The molecule has 1 heterocycles. The lowest BCUT2D eigenvalue weighted by atomic mass is 9.69. The van der Waals surface area contributed by atoms with E-state index in [4.69, 9.17) is 11.6 Å². The van der Waals surface area contributed by atoms with Crippen LogP contribution in [-0.2, 0) is 5.41 Å². The molecule has 2 atom stereocenters. The Morgan fingerprint density at radius 1 is 1.43 bits per heavy atom. The molecule has 1 N–H and O–H groups in total. The van der Waals surface area contributed by atoms with Crippen molar-refractivity contribution in [3.8, 4) is 0 Å². The Morgan fingerprint density at radius 3 is 2.67 bits per heavy atom. The Labute approximate surface area is 125 Å². The predicted octanol–water partition coefficient (Wildman–Crippen LogP) is 4.80. The SMILES string of the molecule is CCC(C)[C@@]1(C(F)(F)F)C=NC(=O)Nc2ccc(Cl)cc21. The Kier molecular flexibility index (Phi) is 4.02. The second-order valence-electron chi connectivity index (χ2n) is 5.05. The summed E-state index contributed by atoms with van der Waals surface area (Å²) >= 11 is 5.87. The van der Waals surface area contributed by atoms with Gasteiger partial charge in [0, 0.05) is 16.9 Å². The van der Waals surface area contributed by atoms with E-state index in [-0.39, 0.29) is 22.7 Å². The number of halogens is 4. The molecule has 1 aromatic rings. The van der Waals surface area contributed by atoms with E-state index < -0.39 is 23.5 Å². The molecule has 0 aromatic heterocycles. The van der Waals surface area contributed by atoms with Gasteiger partial charge in [0.05, 0.1) is 0 Å². The molecule has 0 bridgehead atoms. The highest BCUT2D eigenvalue weighted by Crippen LogP contribution is 2.50. The first-order chi connectivity index (χ1) is 9.72. The van der Waals surface area contributed by atoms with E-state index in [1.807, 2.05) is 0 Å². The number of nitrogens with zero attached hydrogens (tertiary/aromatic N) is 1. The van der Waals surface area contributed by atoms with Crippen molar-refractivity contribution in [3.05, 3.63) is 28.8 Å². The van der Waals surface area contributed by atoms with Crippen molar-refractivity contribution in [2.24, 2.45) is 10.9 Å². The molecule has 3 nitrogen and oxygen atoms in total. The molecule has 2 rings (SSSR count). The zero-order chi connectivity index (χ0) is 15.8. The Bertz CT molecular complexity index is 600. The number of amides is 2. The molecule has 1 aliphatic rings. The van der Waals surface area contributed by atoms with Crippen LogP contribution in [0, 0.1) is 5.92 Å². The summed E-state index contributed by atoms with van der Waals surface area (Å²) in [6.45, 7) is 3.15. The number of anilines is 1. The second-order valence-corrected chi connectivity index (χ2v) is 5.49. The molecular formula is C14H14ClF3N2O. The first-order valence-corrected chi connectivity index (χ1v) is 6.83. The minimum atomic E-state index is -4.60. The van der Waals surface area contributed by atoms with E-state index in [1.165, 1.54) is 25.1 Å². The highest BCUT2D eigenvalue weighted by atomic mass is 35.5. The molecule has 2 amide bonds. The lowest BCUT2D eigenvalue weighted by molar-refractivity contribution is -0.180. The number of benzene rings is 1. The van der Waals surface area contributed by atoms with Crippen molar-refractivity contribution in [2.75, 3.05) is 5.32 Å². The van der Waals surface area contributed by atoms with Gasteiger partial charge in [0.1, 0.15) is 5.41 Å². The molecule has 0 saturated heterocycles. The number of rotatable bonds is 2. The van der Waals surface area contributed by atoms with E-state index in [0.29, 0.717) is 6.21 Å². The highest BCUT2D eigenvalue weighted by Gasteiger charge is 2.59. The summed E-state index contributed by atoms with van der Waals surface area (Å²) in [6, 6.07) is 3.22. The Balaban J connectivity index is 2.83. The van der Waals surface area contributed by atoms with Gasteiger partial charge in [0.25, 0.3) is 0 Å². The number of carbonyl (C=O) groups excluding carboxylic acids is 1. The van der Waals surface area contributed by atoms with Gasteiger partial charge >= 0.3 is 12.2 Å². The van der Waals surface area contributed by atoms with Crippen LogP contribution in [0.3, 0.4) is 0 Å². The van der Waals surface area contributed by atoms with E-state index in [9.17, 15) is 18.0 Å². The Hall–Kier alpha value is -1.56. The first-order valence-electron chi connectivity index (χ1n) is 6.45. The maximum absolute atomic E-state index is 13.9. The van der Waals surface area contributed by atoms with E-state index in [1.54, 1.807) is 6.92 Å². The molecule has 0 saturated carbocycles. The molecule has 0 aliphatic carbocycles. The highest BCUT2D eigenvalue weighted by molar-refractivity contribution is 6.30. The van der Waals surface area contributed by atoms with Crippen LogP contribution in [0.1, 0.15) is 25.8 Å². The van der Waals surface area contributed by atoms with Gasteiger partial charge in [-0.3, -0.25) is 0 Å². The van der Waals surface area contributed by atoms with Crippen LogP contribution < -0.4 is 5.32 Å². The van der Waals surface area contributed by atoms with Gasteiger partial charge in [-0.15, -0.1) is 0 Å². The van der Waals surface area contributed by atoms with Gasteiger partial charge in [0.2, 0.25) is 0 Å². The minimum Gasteiger partial charge on any atom is -0.306 e.